The van der Waals surface area contributed by atoms with E-state index in [1.165, 1.54) is 14.0 Å². The molecule has 0 heterocycles. The van der Waals surface area contributed by atoms with E-state index in [0.717, 1.165) is 0 Å². The summed E-state index contributed by atoms with van der Waals surface area (Å²) < 4.78 is 0. The molecule has 4 nitrogen and oxygen atoms in total. The Morgan fingerprint density at radius 1 is 1.78 bits per heavy atom. The van der Waals surface area contributed by atoms with E-state index in [4.69, 9.17) is 5.11 Å². The van der Waals surface area contributed by atoms with Crippen molar-refractivity contribution in [1.82, 2.24) is 5.32 Å². The number of nitrogens with one attached hydrogen (secondary N) is 1. The van der Waals surface area contributed by atoms with Gasteiger partial charge in [-0.1, -0.05) is 0 Å². The summed E-state index contributed by atoms with van der Waals surface area (Å²) in [5, 5.41) is 11.2. The van der Waals surface area contributed by atoms with Crippen LogP contribution < -0.4 is 11.1 Å². The van der Waals surface area contributed by atoms with Crippen LogP contribution in [-0.4, -0.2) is 30.2 Å². The molecule has 2 atom stereocenters. The molecule has 0 aliphatic rings. The lowest BCUT2D eigenvalue weighted by molar-refractivity contribution is -0.419. The number of carbonyl (C=O) groups excluding carboxylic acids is 1. The lowest BCUT2D eigenvalue weighted by Gasteiger charge is -2.08. The maximum absolute atomic E-state index is 10.6. The number of aliphatic hydroxyl groups is 1. The van der Waals surface area contributed by atoms with Crippen molar-refractivity contribution in [3.63, 3.8) is 0 Å². The lowest BCUT2D eigenvalue weighted by atomic mass is 10.2. The fourth-order valence-electron chi connectivity index (χ4n) is 0.404. The smallest absolute Gasteiger partial charge is 0.280 e. The zero-order chi connectivity index (χ0) is 7.44. The van der Waals surface area contributed by atoms with Crippen molar-refractivity contribution in [2.75, 3.05) is 7.05 Å². The predicted molar refractivity (Wildman–Crippen MR) is 32.4 cm³/mol. The summed E-state index contributed by atoms with van der Waals surface area (Å²) in [6, 6.07) is -0.560. The minimum Gasteiger partial charge on any atom is -0.387 e. The molecule has 0 rings (SSSR count). The Morgan fingerprint density at radius 2 is 2.22 bits per heavy atom. The summed E-state index contributed by atoms with van der Waals surface area (Å²) in [5.41, 5.74) is 3.45. The quantitative estimate of drug-likeness (QED) is 0.397. The van der Waals surface area contributed by atoms with Gasteiger partial charge in [-0.2, -0.15) is 0 Å². The molecule has 0 aromatic carbocycles. The Morgan fingerprint density at radius 3 is 2.33 bits per heavy atom. The normalized spacial score (nSPS) is 16.4. The van der Waals surface area contributed by atoms with Gasteiger partial charge in [0.25, 0.3) is 5.91 Å². The number of aliphatic hydroxyl groups excluding tert-OH is 1. The molecule has 0 aliphatic carbocycles. The molecule has 5 N–H and O–H groups in total. The van der Waals surface area contributed by atoms with Gasteiger partial charge in [0, 0.05) is 7.05 Å². The zero-order valence-corrected chi connectivity index (χ0v) is 5.72. The van der Waals surface area contributed by atoms with Crippen molar-refractivity contribution < 1.29 is 15.6 Å². The van der Waals surface area contributed by atoms with Crippen molar-refractivity contribution in [2.45, 2.75) is 19.1 Å². The summed E-state index contributed by atoms with van der Waals surface area (Å²) in [4.78, 5) is 10.6. The molecule has 1 amide bonds. The highest BCUT2D eigenvalue weighted by molar-refractivity contribution is 5.80. The van der Waals surface area contributed by atoms with Gasteiger partial charge in [0.15, 0.2) is 6.04 Å². The molecule has 0 aliphatic heterocycles. The van der Waals surface area contributed by atoms with Crippen molar-refractivity contribution in [3.05, 3.63) is 0 Å². The number of amides is 1. The van der Waals surface area contributed by atoms with Crippen LogP contribution in [0.2, 0.25) is 0 Å². The van der Waals surface area contributed by atoms with E-state index in [2.05, 4.69) is 11.1 Å². The molecule has 0 fully saturated rings. The number of hydrogen-bond donors (Lipinski definition) is 3. The van der Waals surface area contributed by atoms with Crippen LogP contribution in [0.1, 0.15) is 6.92 Å². The minimum atomic E-state index is -0.676. The molecular formula is C5H13N2O2+. The number of likely N-dealkylation sites (N-methyl/N-ethyl adjacent to an activating group) is 1. The summed E-state index contributed by atoms with van der Waals surface area (Å²) in [7, 11) is 1.52. The molecule has 0 spiro atoms. The summed E-state index contributed by atoms with van der Waals surface area (Å²) >= 11 is 0. The molecule has 0 aromatic heterocycles. The van der Waals surface area contributed by atoms with Gasteiger partial charge in [0.2, 0.25) is 0 Å². The first-order chi connectivity index (χ1) is 4.09. The summed E-state index contributed by atoms with van der Waals surface area (Å²) in [5.74, 6) is -0.231. The monoisotopic (exact) mass is 133 g/mol. The van der Waals surface area contributed by atoms with E-state index in [1.54, 1.807) is 0 Å². The Kier molecular flexibility index (Phi) is 3.19. The van der Waals surface area contributed by atoms with E-state index in [1.807, 2.05) is 0 Å². The van der Waals surface area contributed by atoms with Crippen molar-refractivity contribution in [3.8, 4) is 0 Å². The second-order valence-corrected chi connectivity index (χ2v) is 1.96. The standard InChI is InChI=1S/C5H12N2O2/c1-3(8)4(6)5(9)7-2/h3-4,8H,6H2,1-2H3,(H,7,9)/p+1/t3-,4+/m0/s1. The molecule has 0 bridgehead atoms. The molecule has 0 radical (unpaired) electrons. The topological polar surface area (TPSA) is 77.0 Å². The predicted octanol–water partition coefficient (Wildman–Crippen LogP) is -2.28. The number of carbonyl (C=O) groups is 1. The van der Waals surface area contributed by atoms with Gasteiger partial charge in [0.1, 0.15) is 6.10 Å². The Hall–Kier alpha value is -0.610. The average molecular weight is 133 g/mol. The average Bonchev–Trinajstić information content (AvgIpc) is 1.84. The van der Waals surface area contributed by atoms with E-state index < -0.39 is 12.1 Å². The molecule has 0 saturated heterocycles. The first-order valence-corrected chi connectivity index (χ1v) is 2.82. The van der Waals surface area contributed by atoms with Gasteiger partial charge < -0.3 is 16.2 Å². The number of hydrogen-bond acceptors (Lipinski definition) is 2. The van der Waals surface area contributed by atoms with Gasteiger partial charge in [-0.25, -0.2) is 0 Å². The van der Waals surface area contributed by atoms with Crippen LogP contribution >= 0.6 is 0 Å². The van der Waals surface area contributed by atoms with Crippen LogP contribution in [0.4, 0.5) is 0 Å². The van der Waals surface area contributed by atoms with Gasteiger partial charge in [-0.05, 0) is 6.92 Å². The molecule has 9 heavy (non-hydrogen) atoms. The molecule has 0 unspecified atom stereocenters. The van der Waals surface area contributed by atoms with Gasteiger partial charge >= 0.3 is 0 Å². The molecule has 54 valence electrons. The third-order valence-electron chi connectivity index (χ3n) is 1.17. The largest absolute Gasteiger partial charge is 0.387 e. The zero-order valence-electron chi connectivity index (χ0n) is 5.72. The molecule has 0 saturated carbocycles. The van der Waals surface area contributed by atoms with Crippen molar-refractivity contribution in [1.29, 1.82) is 0 Å². The second-order valence-electron chi connectivity index (χ2n) is 1.96. The third kappa shape index (κ3) is 2.43. The highest BCUT2D eigenvalue weighted by Gasteiger charge is 2.20. The molecular weight excluding hydrogens is 120 g/mol. The number of rotatable bonds is 2. The van der Waals surface area contributed by atoms with Crippen molar-refractivity contribution >= 4 is 5.91 Å². The SMILES string of the molecule is CNC(=O)[C@H]([NH3+])[C@H](C)O. The summed E-state index contributed by atoms with van der Waals surface area (Å²) in [6.07, 6.45) is -0.676. The Bertz CT molecular complexity index is 103. The molecule has 0 aromatic rings. The maximum Gasteiger partial charge on any atom is 0.280 e. The fraction of sp³-hybridized carbons (Fsp3) is 0.800. The maximum atomic E-state index is 10.6. The van der Waals surface area contributed by atoms with Crippen LogP contribution in [0, 0.1) is 0 Å². The highest BCUT2D eigenvalue weighted by Crippen LogP contribution is 1.83. The minimum absolute atomic E-state index is 0.231. The number of quaternary nitrogens is 1. The first kappa shape index (κ1) is 8.39. The Balaban J connectivity index is 3.72. The first-order valence-electron chi connectivity index (χ1n) is 2.82. The van der Waals surface area contributed by atoms with Crippen LogP contribution in [0.25, 0.3) is 0 Å². The van der Waals surface area contributed by atoms with Crippen molar-refractivity contribution in [2.24, 2.45) is 0 Å². The lowest BCUT2D eigenvalue weighted by Crippen LogP contribution is -2.71. The van der Waals surface area contributed by atoms with E-state index in [0.29, 0.717) is 0 Å². The highest BCUT2D eigenvalue weighted by atomic mass is 16.3. The van der Waals surface area contributed by atoms with E-state index in [9.17, 15) is 4.79 Å². The van der Waals surface area contributed by atoms with Crippen LogP contribution in [0.5, 0.6) is 0 Å². The third-order valence-corrected chi connectivity index (χ3v) is 1.17. The van der Waals surface area contributed by atoms with Crippen LogP contribution in [0.3, 0.4) is 0 Å². The van der Waals surface area contributed by atoms with Crippen LogP contribution in [0.15, 0.2) is 0 Å². The van der Waals surface area contributed by atoms with E-state index >= 15 is 0 Å². The van der Waals surface area contributed by atoms with Gasteiger partial charge in [-0.15, -0.1) is 0 Å². The second kappa shape index (κ2) is 3.42. The summed E-state index contributed by atoms with van der Waals surface area (Å²) in [6.45, 7) is 1.53. The van der Waals surface area contributed by atoms with Crippen LogP contribution in [-0.2, 0) is 4.79 Å². The fourth-order valence-corrected chi connectivity index (χ4v) is 0.404. The van der Waals surface area contributed by atoms with Gasteiger partial charge in [0.05, 0.1) is 0 Å². The Labute approximate surface area is 54.0 Å². The van der Waals surface area contributed by atoms with E-state index in [-0.39, 0.29) is 5.91 Å². The van der Waals surface area contributed by atoms with Gasteiger partial charge in [-0.3, -0.25) is 4.79 Å². The molecule has 4 heteroatoms.